The maximum atomic E-state index is 12.2. The Morgan fingerprint density at radius 1 is 0.929 bits per heavy atom. The molecule has 0 saturated heterocycles. The standard InChI is InChI=1S/C22H26N2O4/c1-15(20(26)24-22(2,3)4)28-19(25)14-23-21(27)18-12-10-17(11-13-18)16-8-6-5-7-9-16/h5-13,15H,14H2,1-4H3,(H,23,27)(H,24,26). The van der Waals surface area contributed by atoms with Crippen LogP contribution in [0.3, 0.4) is 0 Å². The Morgan fingerprint density at radius 2 is 1.50 bits per heavy atom. The van der Waals surface area contributed by atoms with E-state index in [1.54, 1.807) is 12.1 Å². The molecular formula is C22H26N2O4. The Kier molecular flexibility index (Phi) is 6.93. The first-order chi connectivity index (χ1) is 13.2. The smallest absolute Gasteiger partial charge is 0.326 e. The van der Waals surface area contributed by atoms with E-state index in [9.17, 15) is 14.4 Å². The second-order valence-corrected chi connectivity index (χ2v) is 7.50. The molecule has 0 fully saturated rings. The highest BCUT2D eigenvalue weighted by atomic mass is 16.5. The van der Waals surface area contributed by atoms with Gasteiger partial charge in [-0.15, -0.1) is 0 Å². The van der Waals surface area contributed by atoms with Gasteiger partial charge in [0.1, 0.15) is 6.54 Å². The van der Waals surface area contributed by atoms with Gasteiger partial charge < -0.3 is 15.4 Å². The van der Waals surface area contributed by atoms with Crippen LogP contribution in [0, 0.1) is 0 Å². The van der Waals surface area contributed by atoms with E-state index in [4.69, 9.17) is 4.74 Å². The van der Waals surface area contributed by atoms with Gasteiger partial charge in [-0.05, 0) is 51.0 Å². The van der Waals surface area contributed by atoms with Crippen molar-refractivity contribution in [3.05, 3.63) is 60.2 Å². The summed E-state index contributed by atoms with van der Waals surface area (Å²) in [4.78, 5) is 36.0. The minimum absolute atomic E-state index is 0.313. The van der Waals surface area contributed by atoms with Crippen LogP contribution in [0.25, 0.3) is 11.1 Å². The molecule has 0 bridgehead atoms. The average Bonchev–Trinajstić information content (AvgIpc) is 2.65. The van der Waals surface area contributed by atoms with Crippen molar-refractivity contribution in [3.8, 4) is 11.1 Å². The number of nitrogens with one attached hydrogen (secondary N) is 2. The van der Waals surface area contributed by atoms with E-state index in [0.717, 1.165) is 11.1 Å². The number of carbonyl (C=O) groups is 3. The van der Waals surface area contributed by atoms with Crippen LogP contribution in [0.4, 0.5) is 0 Å². The molecule has 1 unspecified atom stereocenters. The molecule has 28 heavy (non-hydrogen) atoms. The van der Waals surface area contributed by atoms with Crippen LogP contribution in [-0.2, 0) is 14.3 Å². The van der Waals surface area contributed by atoms with E-state index < -0.39 is 17.6 Å². The summed E-state index contributed by atoms with van der Waals surface area (Å²) in [6.07, 6.45) is -0.936. The third-order valence-electron chi connectivity index (χ3n) is 3.82. The largest absolute Gasteiger partial charge is 0.451 e. The van der Waals surface area contributed by atoms with Gasteiger partial charge in [0.2, 0.25) is 0 Å². The maximum Gasteiger partial charge on any atom is 0.326 e. The molecule has 2 aromatic carbocycles. The first-order valence-corrected chi connectivity index (χ1v) is 9.11. The molecule has 6 nitrogen and oxygen atoms in total. The van der Waals surface area contributed by atoms with Gasteiger partial charge in [-0.3, -0.25) is 14.4 Å². The van der Waals surface area contributed by atoms with Crippen molar-refractivity contribution in [2.24, 2.45) is 0 Å². The number of benzene rings is 2. The lowest BCUT2D eigenvalue weighted by Gasteiger charge is -2.23. The van der Waals surface area contributed by atoms with Crippen molar-refractivity contribution >= 4 is 17.8 Å². The summed E-state index contributed by atoms with van der Waals surface area (Å²) in [5.41, 5.74) is 2.07. The van der Waals surface area contributed by atoms with Gasteiger partial charge in [0, 0.05) is 11.1 Å². The first kappa shape index (κ1) is 21.2. The highest BCUT2D eigenvalue weighted by Gasteiger charge is 2.22. The summed E-state index contributed by atoms with van der Waals surface area (Å²) < 4.78 is 5.06. The van der Waals surface area contributed by atoms with Crippen molar-refractivity contribution in [2.45, 2.75) is 39.3 Å². The summed E-state index contributed by atoms with van der Waals surface area (Å²) in [5.74, 6) is -1.45. The number of amides is 2. The van der Waals surface area contributed by atoms with Crippen LogP contribution in [0.5, 0.6) is 0 Å². The number of hydrogen-bond donors (Lipinski definition) is 2. The van der Waals surface area contributed by atoms with Gasteiger partial charge >= 0.3 is 5.97 Å². The maximum absolute atomic E-state index is 12.2. The van der Waals surface area contributed by atoms with Gasteiger partial charge in [-0.2, -0.15) is 0 Å². The van der Waals surface area contributed by atoms with E-state index in [-0.39, 0.29) is 18.4 Å². The van der Waals surface area contributed by atoms with Gasteiger partial charge in [0.05, 0.1) is 0 Å². The van der Waals surface area contributed by atoms with E-state index >= 15 is 0 Å². The van der Waals surface area contributed by atoms with Crippen LogP contribution in [0.15, 0.2) is 54.6 Å². The molecule has 2 aromatic rings. The second kappa shape index (κ2) is 9.17. The molecule has 2 rings (SSSR count). The van der Waals surface area contributed by atoms with E-state index in [0.29, 0.717) is 5.56 Å². The predicted molar refractivity (Wildman–Crippen MR) is 108 cm³/mol. The van der Waals surface area contributed by atoms with Crippen LogP contribution in [0.1, 0.15) is 38.1 Å². The molecule has 0 saturated carbocycles. The second-order valence-electron chi connectivity index (χ2n) is 7.50. The fourth-order valence-corrected chi connectivity index (χ4v) is 2.46. The Bertz CT molecular complexity index is 824. The highest BCUT2D eigenvalue weighted by molar-refractivity contribution is 5.96. The fraction of sp³-hybridized carbons (Fsp3) is 0.318. The number of ether oxygens (including phenoxy) is 1. The minimum atomic E-state index is -0.936. The third-order valence-corrected chi connectivity index (χ3v) is 3.82. The number of hydrogen-bond acceptors (Lipinski definition) is 4. The summed E-state index contributed by atoms with van der Waals surface area (Å²) in [6, 6.07) is 16.9. The SMILES string of the molecule is CC(OC(=O)CNC(=O)c1ccc(-c2ccccc2)cc1)C(=O)NC(C)(C)C. The average molecular weight is 382 g/mol. The molecule has 0 radical (unpaired) electrons. The molecule has 0 aromatic heterocycles. The first-order valence-electron chi connectivity index (χ1n) is 9.11. The zero-order chi connectivity index (χ0) is 20.7. The van der Waals surface area contributed by atoms with Crippen LogP contribution < -0.4 is 10.6 Å². The molecule has 0 aliphatic carbocycles. The fourth-order valence-electron chi connectivity index (χ4n) is 2.46. The zero-order valence-corrected chi connectivity index (χ0v) is 16.6. The Balaban J connectivity index is 1.84. The summed E-state index contributed by atoms with van der Waals surface area (Å²) in [5, 5.41) is 5.24. The molecule has 0 heterocycles. The zero-order valence-electron chi connectivity index (χ0n) is 16.6. The molecular weight excluding hydrogens is 356 g/mol. The van der Waals surface area contributed by atoms with Gasteiger partial charge in [0.25, 0.3) is 11.8 Å². The van der Waals surface area contributed by atoms with Crippen molar-refractivity contribution in [1.82, 2.24) is 10.6 Å². The molecule has 0 aliphatic rings. The third kappa shape index (κ3) is 6.54. The predicted octanol–water partition coefficient (Wildman–Crippen LogP) is 2.93. The van der Waals surface area contributed by atoms with Crippen LogP contribution >= 0.6 is 0 Å². The molecule has 1 atom stereocenters. The van der Waals surface area contributed by atoms with Crippen molar-refractivity contribution in [1.29, 1.82) is 0 Å². The summed E-state index contributed by atoms with van der Waals surface area (Å²) >= 11 is 0. The number of esters is 1. The molecule has 2 N–H and O–H groups in total. The summed E-state index contributed by atoms with van der Waals surface area (Å²) in [6.45, 7) is 6.68. The monoisotopic (exact) mass is 382 g/mol. The number of rotatable bonds is 6. The lowest BCUT2D eigenvalue weighted by molar-refractivity contribution is -0.154. The van der Waals surface area contributed by atoms with Gasteiger partial charge in [-0.1, -0.05) is 42.5 Å². The van der Waals surface area contributed by atoms with E-state index in [1.807, 2.05) is 63.2 Å². The minimum Gasteiger partial charge on any atom is -0.451 e. The van der Waals surface area contributed by atoms with E-state index in [1.165, 1.54) is 6.92 Å². The molecule has 0 spiro atoms. The van der Waals surface area contributed by atoms with Crippen LogP contribution in [0.2, 0.25) is 0 Å². The Labute approximate surface area is 165 Å². The highest BCUT2D eigenvalue weighted by Crippen LogP contribution is 2.19. The number of carbonyl (C=O) groups excluding carboxylic acids is 3. The molecule has 148 valence electrons. The normalized spacial score (nSPS) is 12.0. The summed E-state index contributed by atoms with van der Waals surface area (Å²) in [7, 11) is 0. The van der Waals surface area contributed by atoms with Gasteiger partial charge in [0.15, 0.2) is 6.10 Å². The van der Waals surface area contributed by atoms with Crippen molar-refractivity contribution < 1.29 is 19.1 Å². The lowest BCUT2D eigenvalue weighted by Crippen LogP contribution is -2.46. The van der Waals surface area contributed by atoms with Crippen molar-refractivity contribution in [3.63, 3.8) is 0 Å². The quantitative estimate of drug-likeness (QED) is 0.753. The van der Waals surface area contributed by atoms with Gasteiger partial charge in [-0.25, -0.2) is 0 Å². The molecule has 2 amide bonds. The Morgan fingerprint density at radius 3 is 2.07 bits per heavy atom. The van der Waals surface area contributed by atoms with Crippen LogP contribution in [-0.4, -0.2) is 36.0 Å². The topological polar surface area (TPSA) is 84.5 Å². The van der Waals surface area contributed by atoms with E-state index in [2.05, 4.69) is 10.6 Å². The molecule has 0 aliphatic heterocycles. The molecule has 6 heteroatoms. The van der Waals surface area contributed by atoms with Crippen molar-refractivity contribution in [2.75, 3.05) is 6.54 Å². The lowest BCUT2D eigenvalue weighted by atomic mass is 10.0. The Hall–Kier alpha value is -3.15.